The van der Waals surface area contributed by atoms with Gasteiger partial charge in [-0.2, -0.15) is 5.10 Å². The third-order valence-corrected chi connectivity index (χ3v) is 3.23. The average Bonchev–Trinajstić information content (AvgIpc) is 2.78. The van der Waals surface area contributed by atoms with E-state index >= 15 is 0 Å². The van der Waals surface area contributed by atoms with E-state index in [0.29, 0.717) is 6.04 Å². The van der Waals surface area contributed by atoms with E-state index in [9.17, 15) is 0 Å². The summed E-state index contributed by atoms with van der Waals surface area (Å²) < 4.78 is 1.99. The van der Waals surface area contributed by atoms with Crippen LogP contribution in [0.1, 0.15) is 36.7 Å². The summed E-state index contributed by atoms with van der Waals surface area (Å²) in [7, 11) is 0. The van der Waals surface area contributed by atoms with Gasteiger partial charge in [0.25, 0.3) is 0 Å². The fraction of sp³-hybridized carbons (Fsp3) is 0.400. The van der Waals surface area contributed by atoms with Crippen LogP contribution in [0.25, 0.3) is 0 Å². The van der Waals surface area contributed by atoms with Gasteiger partial charge in [0.2, 0.25) is 0 Å². The van der Waals surface area contributed by atoms with E-state index in [0.717, 1.165) is 18.8 Å². The Morgan fingerprint density at radius 2 is 2.00 bits per heavy atom. The molecule has 1 unspecified atom stereocenters. The maximum absolute atomic E-state index is 4.48. The van der Waals surface area contributed by atoms with Crippen LogP contribution in [0.3, 0.4) is 0 Å². The molecule has 96 valence electrons. The number of benzene rings is 1. The molecule has 0 radical (unpaired) electrons. The maximum atomic E-state index is 4.48. The number of rotatable bonds is 5. The number of nitrogens with one attached hydrogen (secondary N) is 1. The van der Waals surface area contributed by atoms with Gasteiger partial charge in [0, 0.05) is 30.9 Å². The Morgan fingerprint density at radius 3 is 2.61 bits per heavy atom. The molecule has 3 heteroatoms. The van der Waals surface area contributed by atoms with Crippen LogP contribution >= 0.6 is 0 Å². The van der Waals surface area contributed by atoms with Gasteiger partial charge in [-0.1, -0.05) is 30.3 Å². The van der Waals surface area contributed by atoms with E-state index in [-0.39, 0.29) is 0 Å². The summed E-state index contributed by atoms with van der Waals surface area (Å²) in [5, 5.41) is 8.02. The van der Waals surface area contributed by atoms with Crippen LogP contribution in [0.5, 0.6) is 0 Å². The van der Waals surface area contributed by atoms with Crippen molar-refractivity contribution in [3.63, 3.8) is 0 Å². The van der Waals surface area contributed by atoms with Gasteiger partial charge in [-0.3, -0.25) is 4.68 Å². The highest BCUT2D eigenvalue weighted by Crippen LogP contribution is 2.16. The molecule has 2 rings (SSSR count). The molecule has 0 amide bonds. The minimum atomic E-state index is 0.325. The van der Waals surface area contributed by atoms with Gasteiger partial charge in [-0.25, -0.2) is 0 Å². The van der Waals surface area contributed by atoms with E-state index in [2.05, 4.69) is 61.6 Å². The molecule has 0 saturated carbocycles. The Morgan fingerprint density at radius 1 is 1.28 bits per heavy atom. The van der Waals surface area contributed by atoms with Crippen LogP contribution in [0.15, 0.2) is 36.5 Å². The maximum Gasteiger partial charge on any atom is 0.0641 e. The van der Waals surface area contributed by atoms with Crippen molar-refractivity contribution < 1.29 is 0 Å². The molecule has 1 heterocycles. The molecule has 1 aromatic carbocycles. The average molecular weight is 243 g/mol. The number of aromatic nitrogens is 2. The molecule has 0 fully saturated rings. The van der Waals surface area contributed by atoms with Crippen molar-refractivity contribution in [3.05, 3.63) is 53.3 Å². The topological polar surface area (TPSA) is 29.9 Å². The molecule has 1 aromatic heterocycles. The summed E-state index contributed by atoms with van der Waals surface area (Å²) >= 11 is 0. The van der Waals surface area contributed by atoms with Crippen molar-refractivity contribution in [1.82, 2.24) is 15.1 Å². The Bertz CT molecular complexity index is 488. The van der Waals surface area contributed by atoms with E-state index in [1.807, 2.05) is 10.7 Å². The zero-order chi connectivity index (χ0) is 13.0. The Labute approximate surface area is 109 Å². The van der Waals surface area contributed by atoms with Crippen LogP contribution in [-0.4, -0.2) is 9.78 Å². The van der Waals surface area contributed by atoms with Crippen LogP contribution in [0.2, 0.25) is 0 Å². The third-order valence-electron chi connectivity index (χ3n) is 3.23. The van der Waals surface area contributed by atoms with Crippen LogP contribution < -0.4 is 5.32 Å². The van der Waals surface area contributed by atoms with E-state index in [4.69, 9.17) is 0 Å². The quantitative estimate of drug-likeness (QED) is 0.874. The van der Waals surface area contributed by atoms with Crippen LogP contribution in [0.4, 0.5) is 0 Å². The van der Waals surface area contributed by atoms with Crippen molar-refractivity contribution in [2.75, 3.05) is 0 Å². The Hall–Kier alpha value is -1.61. The molecule has 0 spiro atoms. The van der Waals surface area contributed by atoms with Gasteiger partial charge in [-0.15, -0.1) is 0 Å². The highest BCUT2D eigenvalue weighted by molar-refractivity contribution is 5.20. The first-order chi connectivity index (χ1) is 8.70. The third kappa shape index (κ3) is 2.99. The van der Waals surface area contributed by atoms with Crippen LogP contribution in [-0.2, 0) is 13.1 Å². The fourth-order valence-electron chi connectivity index (χ4n) is 2.10. The molecule has 18 heavy (non-hydrogen) atoms. The number of hydrogen-bond donors (Lipinski definition) is 1. The first kappa shape index (κ1) is 12.8. The van der Waals surface area contributed by atoms with Gasteiger partial charge in [-0.05, 0) is 26.3 Å². The minimum Gasteiger partial charge on any atom is -0.306 e. The summed E-state index contributed by atoms with van der Waals surface area (Å²) in [5.41, 5.74) is 3.71. The van der Waals surface area contributed by atoms with Gasteiger partial charge < -0.3 is 5.32 Å². The molecule has 0 aliphatic heterocycles. The number of nitrogens with zero attached hydrogens (tertiary/aromatic N) is 2. The van der Waals surface area contributed by atoms with Gasteiger partial charge in [0.1, 0.15) is 0 Å². The molecule has 0 saturated heterocycles. The smallest absolute Gasteiger partial charge is 0.0641 e. The molecule has 0 aliphatic rings. The van der Waals surface area contributed by atoms with Crippen molar-refractivity contribution in [2.24, 2.45) is 0 Å². The first-order valence-corrected chi connectivity index (χ1v) is 6.52. The predicted molar refractivity (Wildman–Crippen MR) is 74.3 cm³/mol. The van der Waals surface area contributed by atoms with E-state index in [1.54, 1.807) is 0 Å². The van der Waals surface area contributed by atoms with E-state index in [1.165, 1.54) is 11.1 Å². The lowest BCUT2D eigenvalue weighted by Gasteiger charge is -2.13. The van der Waals surface area contributed by atoms with Gasteiger partial charge >= 0.3 is 0 Å². The monoisotopic (exact) mass is 243 g/mol. The summed E-state index contributed by atoms with van der Waals surface area (Å²) in [6, 6.07) is 10.8. The standard InChI is InChI=1S/C15H21N3/c1-4-18-11-15(13(3)17-18)12(2)16-10-14-8-6-5-7-9-14/h5-9,11-12,16H,4,10H2,1-3H3. The number of hydrogen-bond acceptors (Lipinski definition) is 2. The molecular weight excluding hydrogens is 222 g/mol. The molecule has 1 atom stereocenters. The first-order valence-electron chi connectivity index (χ1n) is 6.52. The van der Waals surface area contributed by atoms with Crippen molar-refractivity contribution >= 4 is 0 Å². The minimum absolute atomic E-state index is 0.325. The molecule has 3 nitrogen and oxygen atoms in total. The summed E-state index contributed by atoms with van der Waals surface area (Å²) in [5.74, 6) is 0. The highest BCUT2D eigenvalue weighted by Gasteiger charge is 2.11. The fourth-order valence-corrected chi connectivity index (χ4v) is 2.10. The van der Waals surface area contributed by atoms with Crippen molar-refractivity contribution in [3.8, 4) is 0 Å². The summed E-state index contributed by atoms with van der Waals surface area (Å²) in [6.45, 7) is 8.18. The second kappa shape index (κ2) is 5.83. The normalized spacial score (nSPS) is 12.6. The second-order valence-corrected chi connectivity index (χ2v) is 4.61. The molecule has 0 aliphatic carbocycles. The SMILES string of the molecule is CCn1cc(C(C)NCc2ccccc2)c(C)n1. The highest BCUT2D eigenvalue weighted by atomic mass is 15.3. The molecule has 1 N–H and O–H groups in total. The largest absolute Gasteiger partial charge is 0.306 e. The Kier molecular flexibility index (Phi) is 4.15. The second-order valence-electron chi connectivity index (χ2n) is 4.61. The Balaban J connectivity index is 1.99. The lowest BCUT2D eigenvalue weighted by atomic mass is 10.1. The van der Waals surface area contributed by atoms with Gasteiger partial charge in [0.15, 0.2) is 0 Å². The summed E-state index contributed by atoms with van der Waals surface area (Å²) in [4.78, 5) is 0. The van der Waals surface area contributed by atoms with Crippen LogP contribution in [0, 0.1) is 6.92 Å². The van der Waals surface area contributed by atoms with Crippen molar-refractivity contribution in [1.29, 1.82) is 0 Å². The number of aryl methyl sites for hydroxylation is 2. The molecular formula is C15H21N3. The van der Waals surface area contributed by atoms with Gasteiger partial charge in [0.05, 0.1) is 5.69 Å². The predicted octanol–water partition coefficient (Wildman–Crippen LogP) is 3.06. The van der Waals surface area contributed by atoms with E-state index < -0.39 is 0 Å². The summed E-state index contributed by atoms with van der Waals surface area (Å²) in [6.07, 6.45) is 2.14. The zero-order valence-electron chi connectivity index (χ0n) is 11.4. The molecule has 2 aromatic rings. The molecule has 0 bridgehead atoms. The lowest BCUT2D eigenvalue weighted by molar-refractivity contribution is 0.571. The lowest BCUT2D eigenvalue weighted by Crippen LogP contribution is -2.18. The van der Waals surface area contributed by atoms with Crippen molar-refractivity contribution in [2.45, 2.75) is 39.9 Å². The zero-order valence-corrected chi connectivity index (χ0v) is 11.4.